The number of ether oxygens (including phenoxy) is 2. The van der Waals surface area contributed by atoms with Gasteiger partial charge in [-0.05, 0) is 72.0 Å². The molecule has 0 heterocycles. The Balaban J connectivity index is 2.71. The summed E-state index contributed by atoms with van der Waals surface area (Å²) < 4.78 is 10.5. The Morgan fingerprint density at radius 1 is 0.783 bits per heavy atom. The SMILES string of the molecule is CC(C)(C)OC(=O)/C=C/C1=C(/C=C/C(=O)OC(C)(C)C)CCC1. The molecule has 0 aliphatic heterocycles. The van der Waals surface area contributed by atoms with Crippen LogP contribution in [0.15, 0.2) is 35.5 Å². The van der Waals surface area contributed by atoms with Crippen molar-refractivity contribution in [2.24, 2.45) is 0 Å². The van der Waals surface area contributed by atoms with Crippen LogP contribution in [0.3, 0.4) is 0 Å². The highest BCUT2D eigenvalue weighted by Gasteiger charge is 2.16. The Morgan fingerprint density at radius 3 is 1.43 bits per heavy atom. The van der Waals surface area contributed by atoms with Crippen molar-refractivity contribution in [3.05, 3.63) is 35.5 Å². The lowest BCUT2D eigenvalue weighted by Crippen LogP contribution is -2.22. The van der Waals surface area contributed by atoms with E-state index >= 15 is 0 Å². The van der Waals surface area contributed by atoms with Crippen molar-refractivity contribution in [2.75, 3.05) is 0 Å². The van der Waals surface area contributed by atoms with Gasteiger partial charge in [0, 0.05) is 12.2 Å². The number of hydrogen-bond acceptors (Lipinski definition) is 4. The molecule has 0 aromatic rings. The maximum atomic E-state index is 11.7. The van der Waals surface area contributed by atoms with Crippen molar-refractivity contribution in [2.45, 2.75) is 72.0 Å². The van der Waals surface area contributed by atoms with Crippen LogP contribution in [0.25, 0.3) is 0 Å². The zero-order valence-electron chi connectivity index (χ0n) is 15.1. The minimum atomic E-state index is -0.495. The molecular weight excluding hydrogens is 292 g/mol. The summed E-state index contributed by atoms with van der Waals surface area (Å²) in [6.07, 6.45) is 9.29. The second-order valence-electron chi connectivity index (χ2n) is 7.64. The lowest BCUT2D eigenvalue weighted by atomic mass is 10.1. The number of allylic oxidation sites excluding steroid dienone is 4. The molecule has 0 bridgehead atoms. The molecule has 0 spiro atoms. The number of esters is 2. The molecule has 1 rings (SSSR count). The van der Waals surface area contributed by atoms with Crippen LogP contribution in [0.1, 0.15) is 60.8 Å². The van der Waals surface area contributed by atoms with E-state index in [1.165, 1.54) is 12.2 Å². The number of carbonyl (C=O) groups is 2. The van der Waals surface area contributed by atoms with Gasteiger partial charge >= 0.3 is 11.9 Å². The van der Waals surface area contributed by atoms with Gasteiger partial charge in [0.25, 0.3) is 0 Å². The highest BCUT2D eigenvalue weighted by molar-refractivity contribution is 5.84. The van der Waals surface area contributed by atoms with E-state index in [4.69, 9.17) is 9.47 Å². The monoisotopic (exact) mass is 320 g/mol. The molecule has 0 aromatic carbocycles. The van der Waals surface area contributed by atoms with Gasteiger partial charge in [0.05, 0.1) is 0 Å². The second-order valence-corrected chi connectivity index (χ2v) is 7.64. The fraction of sp³-hybridized carbons (Fsp3) is 0.579. The summed E-state index contributed by atoms with van der Waals surface area (Å²) in [6, 6.07) is 0. The molecule has 0 unspecified atom stereocenters. The van der Waals surface area contributed by atoms with Crippen LogP contribution in [0.5, 0.6) is 0 Å². The normalized spacial score (nSPS) is 16.4. The summed E-state index contributed by atoms with van der Waals surface area (Å²) in [5.74, 6) is -0.709. The summed E-state index contributed by atoms with van der Waals surface area (Å²) in [5.41, 5.74) is 1.14. The van der Waals surface area contributed by atoms with Crippen molar-refractivity contribution >= 4 is 11.9 Å². The molecule has 0 saturated carbocycles. The van der Waals surface area contributed by atoms with Crippen molar-refractivity contribution in [3.8, 4) is 0 Å². The van der Waals surface area contributed by atoms with Crippen molar-refractivity contribution < 1.29 is 19.1 Å². The first-order chi connectivity index (χ1) is 10.5. The minimum Gasteiger partial charge on any atom is -0.457 e. The van der Waals surface area contributed by atoms with E-state index in [2.05, 4.69) is 0 Å². The van der Waals surface area contributed by atoms with Gasteiger partial charge in [-0.2, -0.15) is 0 Å². The minimum absolute atomic E-state index is 0.354. The fourth-order valence-corrected chi connectivity index (χ4v) is 2.18. The molecular formula is C19H28O4. The summed E-state index contributed by atoms with van der Waals surface area (Å²) in [7, 11) is 0. The van der Waals surface area contributed by atoms with E-state index in [-0.39, 0.29) is 11.9 Å². The van der Waals surface area contributed by atoms with Crippen molar-refractivity contribution in [1.29, 1.82) is 0 Å². The Bertz CT molecular complexity index is 489. The van der Waals surface area contributed by atoms with E-state index < -0.39 is 11.2 Å². The molecule has 0 aromatic heterocycles. The van der Waals surface area contributed by atoms with Gasteiger partial charge in [-0.15, -0.1) is 0 Å². The number of hydrogen-bond donors (Lipinski definition) is 0. The highest BCUT2D eigenvalue weighted by atomic mass is 16.6. The maximum absolute atomic E-state index is 11.7. The average molecular weight is 320 g/mol. The van der Waals surface area contributed by atoms with Crippen LogP contribution in [0.2, 0.25) is 0 Å². The first-order valence-electron chi connectivity index (χ1n) is 8.00. The van der Waals surface area contributed by atoms with E-state index in [0.29, 0.717) is 0 Å². The van der Waals surface area contributed by atoms with Crippen LogP contribution in [-0.2, 0) is 19.1 Å². The molecule has 1 aliphatic rings. The van der Waals surface area contributed by atoms with E-state index in [1.54, 1.807) is 12.2 Å². The van der Waals surface area contributed by atoms with Crippen molar-refractivity contribution in [3.63, 3.8) is 0 Å². The van der Waals surface area contributed by atoms with Crippen molar-refractivity contribution in [1.82, 2.24) is 0 Å². The highest BCUT2D eigenvalue weighted by Crippen LogP contribution is 2.28. The predicted molar refractivity (Wildman–Crippen MR) is 90.8 cm³/mol. The van der Waals surface area contributed by atoms with Gasteiger partial charge < -0.3 is 9.47 Å². The zero-order valence-corrected chi connectivity index (χ0v) is 15.1. The third-order valence-corrected chi connectivity index (χ3v) is 2.96. The fourth-order valence-electron chi connectivity index (χ4n) is 2.18. The van der Waals surface area contributed by atoms with E-state index in [9.17, 15) is 9.59 Å². The molecule has 128 valence electrons. The molecule has 4 heteroatoms. The maximum Gasteiger partial charge on any atom is 0.331 e. The van der Waals surface area contributed by atoms with Gasteiger partial charge in [0.2, 0.25) is 0 Å². The smallest absolute Gasteiger partial charge is 0.331 e. The molecule has 0 radical (unpaired) electrons. The molecule has 0 N–H and O–H groups in total. The van der Waals surface area contributed by atoms with Gasteiger partial charge in [0.1, 0.15) is 11.2 Å². The van der Waals surface area contributed by atoms with E-state index in [1.807, 2.05) is 41.5 Å². The Kier molecular flexibility index (Phi) is 6.37. The molecule has 0 fully saturated rings. The lowest BCUT2D eigenvalue weighted by molar-refractivity contribution is -0.149. The average Bonchev–Trinajstić information content (AvgIpc) is 2.77. The Morgan fingerprint density at radius 2 is 1.13 bits per heavy atom. The molecule has 1 aliphatic carbocycles. The largest absolute Gasteiger partial charge is 0.457 e. The molecule has 23 heavy (non-hydrogen) atoms. The zero-order chi connectivity index (χ0) is 17.7. The standard InChI is InChI=1S/C19H28O4/c1-18(2,3)22-16(20)12-10-14-8-7-9-15(14)11-13-17(21)23-19(4,5)6/h10-13H,7-9H2,1-6H3/b12-10+,13-11+. The van der Waals surface area contributed by atoms with Gasteiger partial charge in [-0.1, -0.05) is 12.2 Å². The number of rotatable bonds is 4. The number of carbonyl (C=O) groups excluding carboxylic acids is 2. The Labute approximate surface area is 139 Å². The van der Waals surface area contributed by atoms with Crippen LogP contribution in [0, 0.1) is 0 Å². The van der Waals surface area contributed by atoms with E-state index in [0.717, 1.165) is 30.4 Å². The van der Waals surface area contributed by atoms with Crippen LogP contribution in [0.4, 0.5) is 0 Å². The quantitative estimate of drug-likeness (QED) is 0.573. The van der Waals surface area contributed by atoms with Gasteiger partial charge in [0.15, 0.2) is 0 Å². The second kappa shape index (κ2) is 7.62. The van der Waals surface area contributed by atoms with Gasteiger partial charge in [-0.3, -0.25) is 0 Å². The summed E-state index contributed by atoms with van der Waals surface area (Å²) >= 11 is 0. The van der Waals surface area contributed by atoms with Crippen LogP contribution in [-0.4, -0.2) is 23.1 Å². The van der Waals surface area contributed by atoms with Gasteiger partial charge in [-0.25, -0.2) is 9.59 Å². The molecule has 0 amide bonds. The third kappa shape index (κ3) is 8.38. The first-order valence-corrected chi connectivity index (χ1v) is 8.00. The first kappa shape index (κ1) is 19.2. The molecule has 0 saturated heterocycles. The summed E-state index contributed by atoms with van der Waals surface area (Å²) in [6.45, 7) is 11.0. The Hall–Kier alpha value is -1.84. The van der Waals surface area contributed by atoms with Crippen LogP contribution < -0.4 is 0 Å². The molecule has 4 nitrogen and oxygen atoms in total. The summed E-state index contributed by atoms with van der Waals surface area (Å²) in [4.78, 5) is 23.4. The predicted octanol–water partition coefficient (Wildman–Crippen LogP) is 4.26. The topological polar surface area (TPSA) is 52.6 Å². The molecule has 0 atom stereocenters. The van der Waals surface area contributed by atoms with Crippen LogP contribution >= 0.6 is 0 Å². The lowest BCUT2D eigenvalue weighted by Gasteiger charge is -2.18. The summed E-state index contributed by atoms with van der Waals surface area (Å²) in [5, 5.41) is 0. The third-order valence-electron chi connectivity index (χ3n) is 2.96.